The first-order valence-corrected chi connectivity index (χ1v) is 9.27. The van der Waals surface area contributed by atoms with Gasteiger partial charge in [0.1, 0.15) is 30.5 Å². The molecule has 1 N–H and O–H groups in total. The van der Waals surface area contributed by atoms with Gasteiger partial charge in [-0.15, -0.1) is 0 Å². The zero-order chi connectivity index (χ0) is 20.3. The first kappa shape index (κ1) is 20.0. The van der Waals surface area contributed by atoms with Crippen LogP contribution in [-0.4, -0.2) is 26.2 Å². The number of hydrogen-bond acceptors (Lipinski definition) is 4. The minimum Gasteiger partial charge on any atom is -0.497 e. The molecule has 0 atom stereocenters. The molecule has 0 unspecified atom stereocenters. The zero-order valence-corrected chi connectivity index (χ0v) is 16.2. The van der Waals surface area contributed by atoms with Crippen molar-refractivity contribution in [2.24, 2.45) is 0 Å². The summed E-state index contributed by atoms with van der Waals surface area (Å²) >= 11 is 0. The molecule has 5 nitrogen and oxygen atoms in total. The highest BCUT2D eigenvalue weighted by molar-refractivity contribution is 6.01. The molecule has 0 bridgehead atoms. The number of carbonyl (C=O) groups is 1. The van der Waals surface area contributed by atoms with Gasteiger partial charge < -0.3 is 19.5 Å². The topological polar surface area (TPSA) is 56.8 Å². The Morgan fingerprint density at radius 3 is 2.00 bits per heavy atom. The molecule has 3 aromatic carbocycles. The number of rotatable bonds is 9. The Bertz CT molecular complexity index is 919. The summed E-state index contributed by atoms with van der Waals surface area (Å²) in [6.07, 6.45) is 3.24. The van der Waals surface area contributed by atoms with Crippen LogP contribution in [0.1, 0.15) is 5.56 Å². The first-order chi connectivity index (χ1) is 14.2. The van der Waals surface area contributed by atoms with E-state index in [1.807, 2.05) is 66.7 Å². The molecular formula is C24H23NO4. The van der Waals surface area contributed by atoms with Gasteiger partial charge in [-0.2, -0.15) is 0 Å². The highest BCUT2D eigenvalue weighted by Crippen LogP contribution is 2.16. The average Bonchev–Trinajstić information content (AvgIpc) is 2.77. The molecule has 0 radical (unpaired) electrons. The summed E-state index contributed by atoms with van der Waals surface area (Å²) in [5.41, 5.74) is 1.62. The Morgan fingerprint density at radius 2 is 1.38 bits per heavy atom. The van der Waals surface area contributed by atoms with Crippen molar-refractivity contribution in [1.82, 2.24) is 0 Å². The average molecular weight is 389 g/mol. The van der Waals surface area contributed by atoms with E-state index < -0.39 is 0 Å². The Hall–Kier alpha value is -3.73. The standard InChI is InChI=1S/C24H23NO4/c1-27-21-12-7-19(8-13-21)9-16-24(26)25-20-10-14-23(15-11-20)29-18-17-28-22-5-3-2-4-6-22/h2-16H,17-18H2,1H3,(H,25,26). The number of hydrogen-bond donors (Lipinski definition) is 1. The quantitative estimate of drug-likeness (QED) is 0.422. The third-order valence-electron chi connectivity index (χ3n) is 4.03. The normalized spacial score (nSPS) is 10.5. The van der Waals surface area contributed by atoms with Crippen molar-refractivity contribution in [3.63, 3.8) is 0 Å². The smallest absolute Gasteiger partial charge is 0.248 e. The van der Waals surface area contributed by atoms with Gasteiger partial charge in [-0.25, -0.2) is 0 Å². The fourth-order valence-corrected chi connectivity index (χ4v) is 2.54. The molecule has 0 aromatic heterocycles. The lowest BCUT2D eigenvalue weighted by Crippen LogP contribution is -2.09. The minimum atomic E-state index is -0.203. The van der Waals surface area contributed by atoms with Crippen molar-refractivity contribution < 1.29 is 19.0 Å². The lowest BCUT2D eigenvalue weighted by Gasteiger charge is -2.09. The van der Waals surface area contributed by atoms with Crippen LogP contribution in [0.25, 0.3) is 6.08 Å². The summed E-state index contributed by atoms with van der Waals surface area (Å²) in [4.78, 5) is 12.1. The number of amides is 1. The Balaban J connectivity index is 1.42. The summed E-state index contributed by atoms with van der Waals surface area (Å²) < 4.78 is 16.3. The third kappa shape index (κ3) is 6.74. The summed E-state index contributed by atoms with van der Waals surface area (Å²) in [6.45, 7) is 0.893. The molecule has 3 rings (SSSR count). The molecule has 5 heteroatoms. The van der Waals surface area contributed by atoms with Gasteiger partial charge in [-0.05, 0) is 60.2 Å². The summed E-state index contributed by atoms with van der Waals surface area (Å²) in [6, 6.07) is 24.3. The van der Waals surface area contributed by atoms with E-state index in [9.17, 15) is 4.79 Å². The van der Waals surface area contributed by atoms with E-state index in [0.717, 1.165) is 17.1 Å². The second-order valence-corrected chi connectivity index (χ2v) is 6.13. The summed E-state index contributed by atoms with van der Waals surface area (Å²) in [5.74, 6) is 2.11. The molecule has 0 fully saturated rings. The van der Waals surface area contributed by atoms with Gasteiger partial charge in [0.15, 0.2) is 0 Å². The van der Waals surface area contributed by atoms with Crippen molar-refractivity contribution in [2.75, 3.05) is 25.6 Å². The highest BCUT2D eigenvalue weighted by Gasteiger charge is 2.00. The number of ether oxygens (including phenoxy) is 3. The number of benzene rings is 3. The van der Waals surface area contributed by atoms with Crippen LogP contribution in [0.2, 0.25) is 0 Å². The molecule has 0 spiro atoms. The van der Waals surface area contributed by atoms with Crippen molar-refractivity contribution >= 4 is 17.7 Å². The number of methoxy groups -OCH3 is 1. The zero-order valence-electron chi connectivity index (χ0n) is 16.2. The van der Waals surface area contributed by atoms with E-state index in [1.54, 1.807) is 25.3 Å². The fraction of sp³-hybridized carbons (Fsp3) is 0.125. The molecule has 0 aliphatic rings. The second-order valence-electron chi connectivity index (χ2n) is 6.13. The van der Waals surface area contributed by atoms with E-state index in [1.165, 1.54) is 6.08 Å². The number of anilines is 1. The van der Waals surface area contributed by atoms with Crippen LogP contribution in [0.5, 0.6) is 17.2 Å². The van der Waals surface area contributed by atoms with Crippen LogP contribution in [0, 0.1) is 0 Å². The highest BCUT2D eigenvalue weighted by atomic mass is 16.5. The molecule has 0 saturated heterocycles. The molecule has 29 heavy (non-hydrogen) atoms. The molecular weight excluding hydrogens is 366 g/mol. The maximum absolute atomic E-state index is 12.1. The van der Waals surface area contributed by atoms with E-state index in [-0.39, 0.29) is 5.91 Å². The summed E-state index contributed by atoms with van der Waals surface area (Å²) in [7, 11) is 1.62. The maximum atomic E-state index is 12.1. The number of para-hydroxylation sites is 1. The predicted molar refractivity (Wildman–Crippen MR) is 115 cm³/mol. The predicted octanol–water partition coefficient (Wildman–Crippen LogP) is 4.80. The van der Waals surface area contributed by atoms with E-state index >= 15 is 0 Å². The van der Waals surface area contributed by atoms with Crippen LogP contribution >= 0.6 is 0 Å². The molecule has 148 valence electrons. The molecule has 0 saturated carbocycles. The SMILES string of the molecule is COc1ccc(C=CC(=O)Nc2ccc(OCCOc3ccccc3)cc2)cc1. The van der Waals surface area contributed by atoms with E-state index in [0.29, 0.717) is 24.7 Å². The van der Waals surface area contributed by atoms with Crippen molar-refractivity contribution in [1.29, 1.82) is 0 Å². The minimum absolute atomic E-state index is 0.203. The van der Waals surface area contributed by atoms with E-state index in [2.05, 4.69) is 5.32 Å². The molecule has 0 heterocycles. The lowest BCUT2D eigenvalue weighted by atomic mass is 10.2. The van der Waals surface area contributed by atoms with Crippen LogP contribution < -0.4 is 19.5 Å². The number of carbonyl (C=O) groups excluding carboxylic acids is 1. The fourth-order valence-electron chi connectivity index (χ4n) is 2.54. The van der Waals surface area contributed by atoms with Crippen molar-refractivity contribution in [3.8, 4) is 17.2 Å². The lowest BCUT2D eigenvalue weighted by molar-refractivity contribution is -0.111. The Kier molecular flexibility index (Phi) is 7.29. The monoisotopic (exact) mass is 389 g/mol. The Labute approximate surface area is 170 Å². The van der Waals surface area contributed by atoms with Crippen molar-refractivity contribution in [2.45, 2.75) is 0 Å². The molecule has 0 aliphatic carbocycles. The largest absolute Gasteiger partial charge is 0.497 e. The third-order valence-corrected chi connectivity index (χ3v) is 4.03. The van der Waals surface area contributed by atoms with Gasteiger partial charge in [0.2, 0.25) is 5.91 Å². The molecule has 3 aromatic rings. The van der Waals surface area contributed by atoms with Gasteiger partial charge in [0.05, 0.1) is 7.11 Å². The first-order valence-electron chi connectivity index (χ1n) is 9.27. The molecule has 0 aliphatic heterocycles. The van der Waals surface area contributed by atoms with Crippen LogP contribution in [0.3, 0.4) is 0 Å². The van der Waals surface area contributed by atoms with Crippen LogP contribution in [0.4, 0.5) is 5.69 Å². The van der Waals surface area contributed by atoms with Crippen LogP contribution in [0.15, 0.2) is 84.9 Å². The maximum Gasteiger partial charge on any atom is 0.248 e. The van der Waals surface area contributed by atoms with Gasteiger partial charge in [0.25, 0.3) is 0 Å². The Morgan fingerprint density at radius 1 is 0.793 bits per heavy atom. The van der Waals surface area contributed by atoms with E-state index in [4.69, 9.17) is 14.2 Å². The van der Waals surface area contributed by atoms with Crippen LogP contribution in [-0.2, 0) is 4.79 Å². The molecule has 1 amide bonds. The summed E-state index contributed by atoms with van der Waals surface area (Å²) in [5, 5.41) is 2.82. The van der Waals surface area contributed by atoms with Crippen molar-refractivity contribution in [3.05, 3.63) is 90.5 Å². The van der Waals surface area contributed by atoms with Gasteiger partial charge >= 0.3 is 0 Å². The number of nitrogens with one attached hydrogen (secondary N) is 1. The van der Waals surface area contributed by atoms with Gasteiger partial charge in [-0.3, -0.25) is 4.79 Å². The van der Waals surface area contributed by atoms with Gasteiger partial charge in [-0.1, -0.05) is 30.3 Å². The second kappa shape index (κ2) is 10.6. The van der Waals surface area contributed by atoms with Gasteiger partial charge in [0, 0.05) is 11.8 Å².